The number of rotatable bonds is 14. The number of hydrogen-bond acceptors (Lipinski definition) is 10. The van der Waals surface area contributed by atoms with Crippen LogP contribution in [0.5, 0.6) is 5.75 Å². The molecular formula is C29H39FN10O4. The van der Waals surface area contributed by atoms with Crippen LogP contribution in [-0.2, 0) is 29.1 Å². The number of fused-ring (bicyclic) bond motifs is 1. The third-order valence-electron chi connectivity index (χ3n) is 6.91. The Hall–Kier alpha value is -5.05. The van der Waals surface area contributed by atoms with Gasteiger partial charge in [0.1, 0.15) is 12.0 Å². The second kappa shape index (κ2) is 14.4. The highest BCUT2D eigenvalue weighted by Crippen LogP contribution is 2.41. The Labute approximate surface area is 254 Å². The summed E-state index contributed by atoms with van der Waals surface area (Å²) in [6, 6.07) is 4.93. The highest BCUT2D eigenvalue weighted by Gasteiger charge is 2.31. The van der Waals surface area contributed by atoms with Crippen LogP contribution in [0.3, 0.4) is 0 Å². The molecule has 1 amide bonds. The molecule has 1 aliphatic rings. The summed E-state index contributed by atoms with van der Waals surface area (Å²) in [5, 5.41) is 24.3. The third kappa shape index (κ3) is 8.28. The summed E-state index contributed by atoms with van der Waals surface area (Å²) in [6.45, 7) is 5.60. The van der Waals surface area contributed by atoms with Crippen molar-refractivity contribution in [2.75, 3.05) is 12.1 Å². The maximum Gasteiger partial charge on any atom is 0.309 e. The summed E-state index contributed by atoms with van der Waals surface area (Å²) < 4.78 is 20.8. The molecule has 4 rings (SSSR count). The summed E-state index contributed by atoms with van der Waals surface area (Å²) in [7, 11) is 1.32. The van der Waals surface area contributed by atoms with Gasteiger partial charge in [0.05, 0.1) is 30.5 Å². The molecule has 15 heteroatoms. The van der Waals surface area contributed by atoms with E-state index in [1.807, 2.05) is 10.6 Å². The molecular weight excluding hydrogens is 571 g/mol. The second-order valence-corrected chi connectivity index (χ2v) is 11.1. The Balaban J connectivity index is 0.000000259. The van der Waals surface area contributed by atoms with Gasteiger partial charge in [-0.3, -0.25) is 15.0 Å². The average molecular weight is 611 g/mol. The van der Waals surface area contributed by atoms with E-state index < -0.39 is 17.2 Å². The number of imidazole rings is 1. The first-order chi connectivity index (χ1) is 20.8. The molecule has 0 atom stereocenters. The number of hydrogen-bond donors (Lipinski definition) is 6. The van der Waals surface area contributed by atoms with Crippen LogP contribution in [0, 0.1) is 22.2 Å². The van der Waals surface area contributed by atoms with E-state index in [0.29, 0.717) is 31.0 Å². The molecule has 3 aromatic rings. The smallest absolute Gasteiger partial charge is 0.309 e. The minimum absolute atomic E-state index is 0.0105. The zero-order valence-corrected chi connectivity index (χ0v) is 25.2. The van der Waals surface area contributed by atoms with Gasteiger partial charge < -0.3 is 30.3 Å². The number of nitrogens with two attached hydrogens (primary N) is 2. The fourth-order valence-electron chi connectivity index (χ4n) is 4.56. The van der Waals surface area contributed by atoms with Crippen molar-refractivity contribution in [2.24, 2.45) is 22.2 Å². The van der Waals surface area contributed by atoms with Crippen LogP contribution in [0.15, 0.2) is 47.7 Å². The number of benzene rings is 1. The number of nitrogens with zero attached hydrogens (tertiary/aromatic N) is 5. The summed E-state index contributed by atoms with van der Waals surface area (Å²) in [6.07, 6.45) is 9.71. The molecule has 1 aliphatic carbocycles. The lowest BCUT2D eigenvalue weighted by Gasteiger charge is -2.20. The zero-order valence-electron chi connectivity index (χ0n) is 25.2. The standard InChI is InChI=1S/C19H27N5O2.C10H12FN5O2/c1-12(20)8-24(21)11-16-10-23-9-15(13-4-5-13)6-14(17(23)22-16)7-19(2,3)18(25)26;1-18-9-3-2-8(16(5-12)15-13)7(10(9)11)4-14-6-17/h6,8-10,13H,4-5,7,11,20-21H2,1-3H3,(H,25,26);2-3,5-6,12-13H,4H2,1H3,(H,14,17)/b12-8-;. The molecule has 1 fully saturated rings. The number of aromatic nitrogens is 2. The molecule has 14 nitrogen and oxygen atoms in total. The van der Waals surface area contributed by atoms with Gasteiger partial charge in [0.25, 0.3) is 0 Å². The molecule has 2 aromatic heterocycles. The Bertz CT molecular complexity index is 1540. The maximum absolute atomic E-state index is 14.0. The largest absolute Gasteiger partial charge is 0.494 e. The number of aliphatic carboxylic acids is 1. The van der Waals surface area contributed by atoms with E-state index in [-0.39, 0.29) is 23.5 Å². The van der Waals surface area contributed by atoms with Crippen LogP contribution in [0.4, 0.5) is 10.1 Å². The van der Waals surface area contributed by atoms with Crippen molar-refractivity contribution < 1.29 is 23.8 Å². The molecule has 0 unspecified atom stereocenters. The van der Waals surface area contributed by atoms with Crippen molar-refractivity contribution in [3.63, 3.8) is 0 Å². The number of carbonyl (C=O) groups excluding carboxylic acids is 1. The Morgan fingerprint density at radius 2 is 2.07 bits per heavy atom. The average Bonchev–Trinajstić information content (AvgIpc) is 3.73. The van der Waals surface area contributed by atoms with E-state index in [0.717, 1.165) is 28.3 Å². The third-order valence-corrected chi connectivity index (χ3v) is 6.91. The quantitative estimate of drug-likeness (QED) is 0.0391. The van der Waals surface area contributed by atoms with Gasteiger partial charge in [-0.1, -0.05) is 11.3 Å². The Morgan fingerprint density at radius 1 is 1.36 bits per heavy atom. The van der Waals surface area contributed by atoms with Gasteiger partial charge in [0.15, 0.2) is 11.6 Å². The van der Waals surface area contributed by atoms with Gasteiger partial charge >= 0.3 is 5.97 Å². The lowest BCUT2D eigenvalue weighted by atomic mass is 9.86. The normalized spacial score (nSPS) is 13.0. The van der Waals surface area contributed by atoms with E-state index >= 15 is 0 Å². The molecule has 236 valence electrons. The van der Waals surface area contributed by atoms with Crippen LogP contribution in [0.2, 0.25) is 0 Å². The zero-order chi connectivity index (χ0) is 32.6. The SMILES string of the molecule is C/C(N)=C/N(N)Cc1cn2cc(C3CC3)cc(CC(C)(C)C(=O)O)c2n1.COc1ccc(N(C=N)N=N)c(CNC=O)c1F. The van der Waals surface area contributed by atoms with Crippen LogP contribution in [-0.4, -0.2) is 45.3 Å². The van der Waals surface area contributed by atoms with Crippen molar-refractivity contribution in [1.29, 1.82) is 10.9 Å². The number of carboxylic acid groups (broad SMARTS) is 1. The number of hydrazine groups is 1. The first-order valence-corrected chi connectivity index (χ1v) is 13.7. The number of pyridine rings is 1. The van der Waals surface area contributed by atoms with E-state index in [4.69, 9.17) is 32.2 Å². The van der Waals surface area contributed by atoms with Crippen LogP contribution < -0.4 is 26.6 Å². The maximum atomic E-state index is 14.0. The number of anilines is 1. The Kier molecular flexibility index (Phi) is 11.0. The molecule has 0 bridgehead atoms. The lowest BCUT2D eigenvalue weighted by Crippen LogP contribution is -2.26. The minimum atomic E-state index is -0.853. The monoisotopic (exact) mass is 610 g/mol. The predicted octanol–water partition coefficient (Wildman–Crippen LogP) is 3.80. The Morgan fingerprint density at radius 3 is 2.61 bits per heavy atom. The summed E-state index contributed by atoms with van der Waals surface area (Å²) >= 11 is 0. The van der Waals surface area contributed by atoms with Crippen molar-refractivity contribution in [2.45, 2.75) is 59.0 Å². The van der Waals surface area contributed by atoms with Crippen molar-refractivity contribution in [3.05, 3.63) is 70.7 Å². The van der Waals surface area contributed by atoms with E-state index in [1.54, 1.807) is 27.0 Å². The van der Waals surface area contributed by atoms with Crippen molar-refractivity contribution in [1.82, 2.24) is 19.7 Å². The van der Waals surface area contributed by atoms with Crippen LogP contribution in [0.25, 0.3) is 5.65 Å². The summed E-state index contributed by atoms with van der Waals surface area (Å²) in [5.41, 5.74) is 16.4. The molecule has 2 heterocycles. The fraction of sp³-hybridized carbons (Fsp3) is 0.379. The van der Waals surface area contributed by atoms with Gasteiger partial charge in [0.2, 0.25) is 6.41 Å². The number of nitrogens with one attached hydrogen (secondary N) is 3. The first kappa shape index (κ1) is 33.5. The molecule has 8 N–H and O–H groups in total. The molecule has 0 spiro atoms. The molecule has 1 saturated carbocycles. The van der Waals surface area contributed by atoms with E-state index in [9.17, 15) is 19.1 Å². The van der Waals surface area contributed by atoms with Gasteiger partial charge in [0, 0.05) is 36.4 Å². The van der Waals surface area contributed by atoms with Crippen molar-refractivity contribution in [3.8, 4) is 5.75 Å². The molecule has 0 aliphatic heterocycles. The summed E-state index contributed by atoms with van der Waals surface area (Å²) in [4.78, 5) is 26.6. The van der Waals surface area contributed by atoms with Gasteiger partial charge in [-0.15, -0.1) is 0 Å². The highest BCUT2D eigenvalue weighted by molar-refractivity contribution is 5.78. The first-order valence-electron chi connectivity index (χ1n) is 13.7. The molecule has 0 saturated heterocycles. The number of methoxy groups -OCH3 is 1. The number of halogens is 1. The molecule has 0 radical (unpaired) electrons. The topological polar surface area (TPSA) is 212 Å². The number of ether oxygens (including phenoxy) is 1. The predicted molar refractivity (Wildman–Crippen MR) is 162 cm³/mol. The number of allylic oxidation sites excluding steroid dienone is 1. The molecule has 1 aromatic carbocycles. The van der Waals surface area contributed by atoms with Crippen LogP contribution in [0.1, 0.15) is 61.9 Å². The van der Waals surface area contributed by atoms with Gasteiger partial charge in [-0.25, -0.2) is 20.2 Å². The number of amides is 1. The van der Waals surface area contributed by atoms with E-state index in [1.165, 1.54) is 42.7 Å². The van der Waals surface area contributed by atoms with Crippen LogP contribution >= 0.6 is 0 Å². The number of carbonyl (C=O) groups is 2. The minimum Gasteiger partial charge on any atom is -0.494 e. The summed E-state index contributed by atoms with van der Waals surface area (Å²) in [5.74, 6) is 5.06. The lowest BCUT2D eigenvalue weighted by molar-refractivity contribution is -0.146. The second-order valence-electron chi connectivity index (χ2n) is 11.1. The van der Waals surface area contributed by atoms with Gasteiger partial charge in [-0.2, -0.15) is 5.53 Å². The fourth-order valence-corrected chi connectivity index (χ4v) is 4.56. The van der Waals surface area contributed by atoms with E-state index in [2.05, 4.69) is 22.8 Å². The van der Waals surface area contributed by atoms with Crippen molar-refractivity contribution >= 4 is 30.1 Å². The van der Waals surface area contributed by atoms with Gasteiger partial charge in [-0.05, 0) is 69.2 Å². The number of carboxylic acids is 1. The highest BCUT2D eigenvalue weighted by atomic mass is 19.1. The molecule has 44 heavy (non-hydrogen) atoms.